The molecule has 18 heavy (non-hydrogen) atoms. The molecule has 1 saturated heterocycles. The maximum absolute atomic E-state index is 11.2. The average Bonchev–Trinajstić information content (AvgIpc) is 2.35. The van der Waals surface area contributed by atoms with Crippen molar-refractivity contribution in [3.63, 3.8) is 0 Å². The van der Waals surface area contributed by atoms with Crippen molar-refractivity contribution >= 4 is 27.9 Å². The summed E-state index contributed by atoms with van der Waals surface area (Å²) >= 11 is 3.41. The Labute approximate surface area is 117 Å². The standard InChI is InChI=1S/C14H19BrN2O/c1-10-7-17(8-11(2)16(10)3)14-5-4-13(15)6-12(14)9-18/h4-6,9-11H,7-8H2,1-3H3. The molecule has 2 atom stereocenters. The van der Waals surface area contributed by atoms with Crippen molar-refractivity contribution in [2.24, 2.45) is 0 Å². The smallest absolute Gasteiger partial charge is 0.152 e. The second-order valence-corrected chi connectivity index (χ2v) is 6.01. The van der Waals surface area contributed by atoms with Gasteiger partial charge in [0.1, 0.15) is 0 Å². The van der Waals surface area contributed by atoms with Crippen LogP contribution in [0.15, 0.2) is 22.7 Å². The van der Waals surface area contributed by atoms with E-state index >= 15 is 0 Å². The lowest BCUT2D eigenvalue weighted by atomic mass is 10.1. The van der Waals surface area contributed by atoms with Crippen LogP contribution in [0, 0.1) is 0 Å². The Morgan fingerprint density at radius 2 is 1.89 bits per heavy atom. The van der Waals surface area contributed by atoms with E-state index in [0.29, 0.717) is 12.1 Å². The van der Waals surface area contributed by atoms with Gasteiger partial charge < -0.3 is 4.90 Å². The third kappa shape index (κ3) is 2.59. The summed E-state index contributed by atoms with van der Waals surface area (Å²) in [7, 11) is 2.16. The summed E-state index contributed by atoms with van der Waals surface area (Å²) in [4.78, 5) is 15.9. The van der Waals surface area contributed by atoms with Gasteiger partial charge in [0, 0.05) is 40.9 Å². The molecular weight excluding hydrogens is 292 g/mol. The van der Waals surface area contributed by atoms with Crippen molar-refractivity contribution in [1.82, 2.24) is 4.90 Å². The van der Waals surface area contributed by atoms with Crippen LogP contribution in [0.1, 0.15) is 24.2 Å². The Kier molecular flexibility index (Phi) is 4.07. The summed E-state index contributed by atoms with van der Waals surface area (Å²) in [5.41, 5.74) is 1.80. The average molecular weight is 311 g/mol. The SMILES string of the molecule is CC1CN(c2ccc(Br)cc2C=O)CC(C)N1C. The van der Waals surface area contributed by atoms with E-state index in [1.54, 1.807) is 0 Å². The number of rotatable bonds is 2. The quantitative estimate of drug-likeness (QED) is 0.785. The zero-order valence-electron chi connectivity index (χ0n) is 11.1. The van der Waals surface area contributed by atoms with Crippen molar-refractivity contribution < 1.29 is 4.79 Å². The zero-order valence-corrected chi connectivity index (χ0v) is 12.6. The van der Waals surface area contributed by atoms with Crippen LogP contribution in [0.5, 0.6) is 0 Å². The fourth-order valence-electron chi connectivity index (χ4n) is 2.51. The molecule has 0 spiro atoms. The predicted molar refractivity (Wildman–Crippen MR) is 78.4 cm³/mol. The van der Waals surface area contributed by atoms with Gasteiger partial charge >= 0.3 is 0 Å². The van der Waals surface area contributed by atoms with Crippen LogP contribution < -0.4 is 4.90 Å². The van der Waals surface area contributed by atoms with Gasteiger partial charge in [-0.05, 0) is 39.1 Å². The highest BCUT2D eigenvalue weighted by Gasteiger charge is 2.27. The Balaban J connectivity index is 2.29. The molecule has 3 nitrogen and oxygen atoms in total. The minimum atomic E-state index is 0.497. The van der Waals surface area contributed by atoms with E-state index in [4.69, 9.17) is 0 Å². The summed E-state index contributed by atoms with van der Waals surface area (Å²) in [6.45, 7) is 6.37. The number of nitrogens with zero attached hydrogens (tertiary/aromatic N) is 2. The molecule has 1 aliphatic rings. The van der Waals surface area contributed by atoms with Crippen LogP contribution in [-0.4, -0.2) is 43.4 Å². The summed E-state index contributed by atoms with van der Waals surface area (Å²) in [6.07, 6.45) is 0.938. The van der Waals surface area contributed by atoms with Crippen LogP contribution in [0.25, 0.3) is 0 Å². The third-order valence-corrected chi connectivity index (χ3v) is 4.31. The first-order valence-corrected chi connectivity index (χ1v) is 7.04. The number of piperazine rings is 1. The lowest BCUT2D eigenvalue weighted by Crippen LogP contribution is -2.55. The second kappa shape index (κ2) is 5.41. The molecule has 0 aliphatic carbocycles. The number of carbonyl (C=O) groups is 1. The van der Waals surface area contributed by atoms with Crippen molar-refractivity contribution in [3.8, 4) is 0 Å². The number of carbonyl (C=O) groups excluding carboxylic acids is 1. The molecule has 2 unspecified atom stereocenters. The minimum absolute atomic E-state index is 0.497. The molecule has 1 aliphatic heterocycles. The lowest BCUT2D eigenvalue weighted by Gasteiger charge is -2.43. The van der Waals surface area contributed by atoms with E-state index in [0.717, 1.165) is 35.1 Å². The van der Waals surface area contributed by atoms with Crippen molar-refractivity contribution in [3.05, 3.63) is 28.2 Å². The summed E-state index contributed by atoms with van der Waals surface area (Å²) < 4.78 is 0.948. The van der Waals surface area contributed by atoms with Crippen LogP contribution in [0.4, 0.5) is 5.69 Å². The fourth-order valence-corrected chi connectivity index (χ4v) is 2.89. The Hall–Kier alpha value is -0.870. The van der Waals surface area contributed by atoms with Gasteiger partial charge in [-0.3, -0.25) is 9.69 Å². The number of benzene rings is 1. The first-order valence-electron chi connectivity index (χ1n) is 6.24. The van der Waals surface area contributed by atoms with E-state index in [-0.39, 0.29) is 0 Å². The topological polar surface area (TPSA) is 23.6 Å². The first-order chi connectivity index (χ1) is 8.52. The largest absolute Gasteiger partial charge is 0.368 e. The fraction of sp³-hybridized carbons (Fsp3) is 0.500. The Bertz CT molecular complexity index is 437. The molecule has 0 amide bonds. The van der Waals surface area contributed by atoms with Crippen LogP contribution in [0.2, 0.25) is 0 Å². The Morgan fingerprint density at radius 3 is 2.44 bits per heavy atom. The molecule has 98 valence electrons. The highest BCUT2D eigenvalue weighted by atomic mass is 79.9. The monoisotopic (exact) mass is 310 g/mol. The molecule has 4 heteroatoms. The highest BCUT2D eigenvalue weighted by molar-refractivity contribution is 9.10. The Morgan fingerprint density at radius 1 is 1.28 bits per heavy atom. The molecule has 1 aromatic carbocycles. The van der Waals surface area contributed by atoms with Gasteiger partial charge in [0.15, 0.2) is 6.29 Å². The lowest BCUT2D eigenvalue weighted by molar-refractivity contribution is 0.112. The van der Waals surface area contributed by atoms with E-state index in [2.05, 4.69) is 46.6 Å². The number of aldehydes is 1. The summed E-state index contributed by atoms with van der Waals surface area (Å²) in [5.74, 6) is 0. The molecule has 2 rings (SSSR count). The second-order valence-electron chi connectivity index (χ2n) is 5.09. The number of hydrogen-bond acceptors (Lipinski definition) is 3. The number of likely N-dealkylation sites (N-methyl/N-ethyl adjacent to an activating group) is 1. The maximum Gasteiger partial charge on any atom is 0.152 e. The van der Waals surface area contributed by atoms with Crippen LogP contribution >= 0.6 is 15.9 Å². The normalized spacial score (nSPS) is 25.2. The molecule has 0 radical (unpaired) electrons. The minimum Gasteiger partial charge on any atom is -0.368 e. The molecule has 0 aromatic heterocycles. The van der Waals surface area contributed by atoms with Gasteiger partial charge in [-0.2, -0.15) is 0 Å². The highest BCUT2D eigenvalue weighted by Crippen LogP contribution is 2.26. The molecule has 0 N–H and O–H groups in total. The zero-order chi connectivity index (χ0) is 13.3. The molecule has 0 bridgehead atoms. The predicted octanol–water partition coefficient (Wildman–Crippen LogP) is 2.79. The van der Waals surface area contributed by atoms with Crippen molar-refractivity contribution in [1.29, 1.82) is 0 Å². The van der Waals surface area contributed by atoms with Gasteiger partial charge in [0.2, 0.25) is 0 Å². The molecular formula is C14H19BrN2O. The molecule has 1 aromatic rings. The van der Waals surface area contributed by atoms with Gasteiger partial charge in [-0.25, -0.2) is 0 Å². The van der Waals surface area contributed by atoms with Crippen LogP contribution in [0.3, 0.4) is 0 Å². The van der Waals surface area contributed by atoms with E-state index in [1.807, 2.05) is 18.2 Å². The van der Waals surface area contributed by atoms with E-state index in [1.165, 1.54) is 0 Å². The number of halogens is 1. The maximum atomic E-state index is 11.2. The summed E-state index contributed by atoms with van der Waals surface area (Å²) in [6, 6.07) is 6.90. The van der Waals surface area contributed by atoms with Crippen molar-refractivity contribution in [2.75, 3.05) is 25.0 Å². The first kappa shape index (κ1) is 13.6. The number of anilines is 1. The molecule has 0 saturated carbocycles. The van der Waals surface area contributed by atoms with E-state index in [9.17, 15) is 4.79 Å². The summed E-state index contributed by atoms with van der Waals surface area (Å²) in [5, 5.41) is 0. The molecule has 1 heterocycles. The van der Waals surface area contributed by atoms with Gasteiger partial charge in [-0.15, -0.1) is 0 Å². The number of hydrogen-bond donors (Lipinski definition) is 0. The molecule has 1 fully saturated rings. The van der Waals surface area contributed by atoms with Gasteiger partial charge in [0.25, 0.3) is 0 Å². The van der Waals surface area contributed by atoms with Gasteiger partial charge in [0.05, 0.1) is 0 Å². The van der Waals surface area contributed by atoms with E-state index < -0.39 is 0 Å². The van der Waals surface area contributed by atoms with Gasteiger partial charge in [-0.1, -0.05) is 15.9 Å². The van der Waals surface area contributed by atoms with Crippen molar-refractivity contribution in [2.45, 2.75) is 25.9 Å². The third-order valence-electron chi connectivity index (χ3n) is 3.82. The van der Waals surface area contributed by atoms with Crippen LogP contribution in [-0.2, 0) is 0 Å².